The fraction of sp³-hybridized carbons (Fsp3) is 0.500. The molecule has 1 unspecified atom stereocenters. The van der Waals surface area contributed by atoms with Gasteiger partial charge in [0.1, 0.15) is 6.04 Å². The number of likely N-dealkylation sites (N-methyl/N-ethyl adjacent to an activating group) is 1. The fourth-order valence-corrected chi connectivity index (χ4v) is 8.18. The number of para-hydroxylation sites is 1. The van der Waals surface area contributed by atoms with Crippen molar-refractivity contribution in [3.63, 3.8) is 0 Å². The van der Waals surface area contributed by atoms with Crippen LogP contribution in [-0.2, 0) is 14.4 Å². The number of nitrogens with zero attached hydrogens (tertiary/aromatic N) is 3. The summed E-state index contributed by atoms with van der Waals surface area (Å²) >= 11 is 1.59. The van der Waals surface area contributed by atoms with Crippen LogP contribution in [0.2, 0.25) is 0 Å². The standard InChI is InChI=1S/C26H31N3O4S/c1-16-8-4-9-17(2)21(16)28-13-6-11-26-20(19-18(34-26)10-5-12-27(3)23(19)31)24(32)29(14-7-15-30)22(26)25(28)33/h4-6,8-11,18-20,22,30H,7,12-15H2,1-3H3/t18-,19+,20+,22?,26+/m1/s1. The number of aryl methyl sites for hydroxylation is 2. The number of likely N-dealkylation sites (tertiary alicyclic amines) is 1. The first-order valence-corrected chi connectivity index (χ1v) is 12.8. The normalized spacial score (nSPS) is 32.6. The van der Waals surface area contributed by atoms with Crippen molar-refractivity contribution in [1.29, 1.82) is 0 Å². The predicted octanol–water partition coefficient (Wildman–Crippen LogP) is 1.91. The van der Waals surface area contributed by atoms with Gasteiger partial charge in [0.2, 0.25) is 11.8 Å². The average molecular weight is 482 g/mol. The van der Waals surface area contributed by atoms with Gasteiger partial charge in [-0.05, 0) is 31.4 Å². The summed E-state index contributed by atoms with van der Waals surface area (Å²) in [5, 5.41) is 9.36. The van der Waals surface area contributed by atoms with Crippen molar-refractivity contribution < 1.29 is 19.5 Å². The first kappa shape index (κ1) is 23.2. The summed E-state index contributed by atoms with van der Waals surface area (Å²) < 4.78 is -0.817. The van der Waals surface area contributed by atoms with Crippen LogP contribution in [0.15, 0.2) is 42.5 Å². The van der Waals surface area contributed by atoms with E-state index in [1.165, 1.54) is 0 Å². The number of carbonyl (C=O) groups is 3. The van der Waals surface area contributed by atoms with Crippen LogP contribution in [-0.4, -0.2) is 82.0 Å². The second-order valence-corrected chi connectivity index (χ2v) is 11.2. The molecule has 5 atom stereocenters. The van der Waals surface area contributed by atoms with Gasteiger partial charge in [0, 0.05) is 44.2 Å². The summed E-state index contributed by atoms with van der Waals surface area (Å²) in [4.78, 5) is 46.7. The lowest BCUT2D eigenvalue weighted by atomic mass is 9.78. The molecule has 8 heteroatoms. The van der Waals surface area contributed by atoms with Gasteiger partial charge in [0.05, 0.1) is 16.6 Å². The van der Waals surface area contributed by atoms with Gasteiger partial charge in [0.15, 0.2) is 0 Å². The van der Waals surface area contributed by atoms with Crippen LogP contribution in [0.3, 0.4) is 0 Å². The number of fused-ring (bicyclic) bond motifs is 2. The Labute approximate surface area is 204 Å². The van der Waals surface area contributed by atoms with Crippen molar-refractivity contribution in [2.75, 3.05) is 38.2 Å². The molecule has 0 aromatic heterocycles. The highest BCUT2D eigenvalue weighted by Crippen LogP contribution is 2.61. The maximum Gasteiger partial charge on any atom is 0.251 e. The van der Waals surface area contributed by atoms with E-state index in [0.29, 0.717) is 19.5 Å². The van der Waals surface area contributed by atoms with E-state index >= 15 is 0 Å². The molecular formula is C26H31N3O4S. The van der Waals surface area contributed by atoms with Crippen molar-refractivity contribution in [1.82, 2.24) is 9.80 Å². The maximum atomic E-state index is 14.3. The topological polar surface area (TPSA) is 81.2 Å². The van der Waals surface area contributed by atoms with Gasteiger partial charge in [-0.1, -0.05) is 42.5 Å². The lowest BCUT2D eigenvalue weighted by Crippen LogP contribution is -2.53. The molecule has 4 aliphatic heterocycles. The molecule has 180 valence electrons. The Morgan fingerprint density at radius 1 is 1.06 bits per heavy atom. The maximum absolute atomic E-state index is 14.3. The number of carbonyl (C=O) groups excluding carboxylic acids is 3. The Balaban J connectivity index is 1.64. The number of hydrogen-bond acceptors (Lipinski definition) is 5. The van der Waals surface area contributed by atoms with Crippen LogP contribution in [0.5, 0.6) is 0 Å². The minimum Gasteiger partial charge on any atom is -0.396 e. The summed E-state index contributed by atoms with van der Waals surface area (Å²) in [7, 11) is 1.77. The van der Waals surface area contributed by atoms with Gasteiger partial charge in [0.25, 0.3) is 5.91 Å². The summed E-state index contributed by atoms with van der Waals surface area (Å²) in [6, 6.07) is 5.24. The Morgan fingerprint density at radius 2 is 1.79 bits per heavy atom. The zero-order chi connectivity index (χ0) is 24.2. The molecule has 0 saturated carbocycles. The largest absolute Gasteiger partial charge is 0.396 e. The van der Waals surface area contributed by atoms with Crippen molar-refractivity contribution in [3.05, 3.63) is 53.6 Å². The summed E-state index contributed by atoms with van der Waals surface area (Å²) in [6.07, 6.45) is 8.44. The van der Waals surface area contributed by atoms with E-state index in [1.807, 2.05) is 56.4 Å². The second kappa shape index (κ2) is 8.57. The molecule has 1 spiro atoms. The molecule has 1 N–H and O–H groups in total. The number of rotatable bonds is 4. The molecule has 2 saturated heterocycles. The van der Waals surface area contributed by atoms with Crippen molar-refractivity contribution in [2.24, 2.45) is 11.8 Å². The zero-order valence-electron chi connectivity index (χ0n) is 19.8. The Kier molecular flexibility index (Phi) is 5.84. The minimum absolute atomic E-state index is 0.0443. The van der Waals surface area contributed by atoms with E-state index in [1.54, 1.807) is 33.5 Å². The molecule has 0 radical (unpaired) electrons. The monoisotopic (exact) mass is 481 g/mol. The Hall–Kier alpha value is -2.58. The van der Waals surface area contributed by atoms with Gasteiger partial charge in [-0.25, -0.2) is 0 Å². The summed E-state index contributed by atoms with van der Waals surface area (Å²) in [6.45, 7) is 5.14. The molecule has 0 aliphatic carbocycles. The van der Waals surface area contributed by atoms with Gasteiger partial charge < -0.3 is 19.8 Å². The molecule has 4 heterocycles. The molecular weight excluding hydrogens is 450 g/mol. The molecule has 4 aliphatic rings. The first-order chi connectivity index (χ1) is 16.3. The van der Waals surface area contributed by atoms with E-state index in [0.717, 1.165) is 16.8 Å². The number of amides is 3. The van der Waals surface area contributed by atoms with Crippen LogP contribution >= 0.6 is 11.8 Å². The van der Waals surface area contributed by atoms with Gasteiger partial charge >= 0.3 is 0 Å². The van der Waals surface area contributed by atoms with Crippen LogP contribution in [0.1, 0.15) is 17.5 Å². The number of hydrogen-bond donors (Lipinski definition) is 1. The third-order valence-electron chi connectivity index (χ3n) is 7.63. The number of anilines is 1. The average Bonchev–Trinajstić information content (AvgIpc) is 3.12. The van der Waals surface area contributed by atoms with Crippen LogP contribution in [0.25, 0.3) is 0 Å². The highest BCUT2D eigenvalue weighted by Gasteiger charge is 2.70. The molecule has 34 heavy (non-hydrogen) atoms. The van der Waals surface area contributed by atoms with Gasteiger partial charge in [-0.2, -0.15) is 0 Å². The molecule has 2 fully saturated rings. The highest BCUT2D eigenvalue weighted by atomic mass is 32.2. The quantitative estimate of drug-likeness (QED) is 0.665. The van der Waals surface area contributed by atoms with Crippen LogP contribution in [0.4, 0.5) is 5.69 Å². The Morgan fingerprint density at radius 3 is 2.50 bits per heavy atom. The van der Waals surface area contributed by atoms with E-state index < -0.39 is 22.6 Å². The van der Waals surface area contributed by atoms with Crippen LogP contribution < -0.4 is 4.90 Å². The number of aliphatic hydroxyl groups excluding tert-OH is 1. The lowest BCUT2D eigenvalue weighted by Gasteiger charge is -2.36. The molecule has 7 nitrogen and oxygen atoms in total. The van der Waals surface area contributed by atoms with Crippen LogP contribution in [0, 0.1) is 25.7 Å². The number of thioether (sulfide) groups is 1. The molecule has 5 rings (SSSR count). The van der Waals surface area contributed by atoms with E-state index in [2.05, 4.69) is 0 Å². The third-order valence-corrected chi connectivity index (χ3v) is 9.37. The third kappa shape index (κ3) is 3.26. The predicted molar refractivity (Wildman–Crippen MR) is 132 cm³/mol. The van der Waals surface area contributed by atoms with Gasteiger partial charge in [-0.3, -0.25) is 14.4 Å². The lowest BCUT2D eigenvalue weighted by molar-refractivity contribution is -0.142. The second-order valence-electron chi connectivity index (χ2n) is 9.69. The van der Waals surface area contributed by atoms with Crippen molar-refractivity contribution in [3.8, 4) is 0 Å². The highest BCUT2D eigenvalue weighted by molar-refractivity contribution is 8.02. The minimum atomic E-state index is -0.817. The molecule has 3 amide bonds. The van der Waals surface area contributed by atoms with E-state index in [9.17, 15) is 19.5 Å². The number of aliphatic hydroxyl groups is 1. The van der Waals surface area contributed by atoms with E-state index in [-0.39, 0.29) is 36.1 Å². The molecule has 0 bridgehead atoms. The zero-order valence-corrected chi connectivity index (χ0v) is 20.6. The Bertz CT molecular complexity index is 1080. The first-order valence-electron chi connectivity index (χ1n) is 11.9. The summed E-state index contributed by atoms with van der Waals surface area (Å²) in [5.41, 5.74) is 2.88. The SMILES string of the molecule is Cc1cccc(C)c1N1CC=C[C@]23S[C@@H]4C=CCN(C)C(=O)[C@@H]4[C@H]2C(=O)N(CCCO)C3C1=O. The molecule has 1 aromatic carbocycles. The van der Waals surface area contributed by atoms with E-state index in [4.69, 9.17) is 0 Å². The van der Waals surface area contributed by atoms with Crippen molar-refractivity contribution >= 4 is 35.2 Å². The number of benzene rings is 1. The van der Waals surface area contributed by atoms with Gasteiger partial charge in [-0.15, -0.1) is 11.8 Å². The fourth-order valence-electron chi connectivity index (χ4n) is 6.18. The van der Waals surface area contributed by atoms with Crippen molar-refractivity contribution in [2.45, 2.75) is 36.3 Å². The smallest absolute Gasteiger partial charge is 0.251 e. The summed E-state index contributed by atoms with van der Waals surface area (Å²) in [5.74, 6) is -1.44. The molecule has 1 aromatic rings.